The quantitative estimate of drug-likeness (QED) is 0.582. The van der Waals surface area contributed by atoms with E-state index in [9.17, 15) is 9.18 Å². The van der Waals surface area contributed by atoms with E-state index in [2.05, 4.69) is 18.6 Å². The van der Waals surface area contributed by atoms with Gasteiger partial charge in [-0.1, -0.05) is 6.92 Å². The minimum atomic E-state index is -1.09. The Balaban J connectivity index is 1.80. The summed E-state index contributed by atoms with van der Waals surface area (Å²) in [6.07, 6.45) is 3.95. The van der Waals surface area contributed by atoms with Gasteiger partial charge < -0.3 is 4.74 Å². The summed E-state index contributed by atoms with van der Waals surface area (Å²) in [6.45, 7) is 5.67. The van der Waals surface area contributed by atoms with Crippen LogP contribution in [0, 0.1) is 11.8 Å². The number of aliphatic imine (C=N–C) groups is 1. The van der Waals surface area contributed by atoms with E-state index in [4.69, 9.17) is 4.74 Å². The normalized spacial score (nSPS) is 39.6. The number of carbonyl (C=O) groups excluding carboxylic acids is 1. The Hall–Kier alpha value is -0.930. The SMILES string of the molecule is C=NC1CCC(OC(=O)C2CCC(C)CC2)C(F)C1. The van der Waals surface area contributed by atoms with E-state index in [0.717, 1.165) is 32.1 Å². The van der Waals surface area contributed by atoms with Crippen molar-refractivity contribution in [3.05, 3.63) is 0 Å². The first kappa shape index (κ1) is 14.5. The summed E-state index contributed by atoms with van der Waals surface area (Å²) in [5, 5.41) is 0. The fourth-order valence-corrected chi connectivity index (χ4v) is 3.11. The Bertz CT molecular complexity index is 326. The van der Waals surface area contributed by atoms with Gasteiger partial charge in [-0.2, -0.15) is 0 Å². The van der Waals surface area contributed by atoms with Crippen LogP contribution in [0.1, 0.15) is 51.9 Å². The molecule has 0 heterocycles. The number of ether oxygens (including phenoxy) is 1. The van der Waals surface area contributed by atoms with Crippen molar-refractivity contribution in [2.45, 2.75) is 70.2 Å². The van der Waals surface area contributed by atoms with Gasteiger partial charge in [-0.05, 0) is 51.2 Å². The first-order valence-corrected chi connectivity index (χ1v) is 7.40. The van der Waals surface area contributed by atoms with E-state index >= 15 is 0 Å². The average Bonchev–Trinajstić information content (AvgIpc) is 2.41. The fraction of sp³-hybridized carbons (Fsp3) is 0.867. The molecular weight excluding hydrogens is 245 g/mol. The van der Waals surface area contributed by atoms with Crippen LogP contribution < -0.4 is 0 Å². The van der Waals surface area contributed by atoms with E-state index < -0.39 is 12.3 Å². The van der Waals surface area contributed by atoms with Crippen LogP contribution in [-0.2, 0) is 9.53 Å². The summed E-state index contributed by atoms with van der Waals surface area (Å²) < 4.78 is 19.3. The predicted molar refractivity (Wildman–Crippen MR) is 73.1 cm³/mol. The van der Waals surface area contributed by atoms with E-state index in [1.54, 1.807) is 0 Å². The molecule has 2 fully saturated rings. The Morgan fingerprint density at radius 3 is 2.47 bits per heavy atom. The molecule has 108 valence electrons. The summed E-state index contributed by atoms with van der Waals surface area (Å²) in [5.41, 5.74) is 0. The third-order valence-electron chi connectivity index (χ3n) is 4.56. The second-order valence-electron chi connectivity index (χ2n) is 6.10. The van der Waals surface area contributed by atoms with Crippen LogP contribution in [0.4, 0.5) is 4.39 Å². The highest BCUT2D eigenvalue weighted by Gasteiger charge is 2.35. The van der Waals surface area contributed by atoms with Crippen LogP contribution in [0.5, 0.6) is 0 Å². The molecule has 19 heavy (non-hydrogen) atoms. The van der Waals surface area contributed by atoms with Gasteiger partial charge in [-0.15, -0.1) is 0 Å². The molecule has 0 aromatic carbocycles. The lowest BCUT2D eigenvalue weighted by molar-refractivity contribution is -0.161. The van der Waals surface area contributed by atoms with Crippen LogP contribution in [0.2, 0.25) is 0 Å². The number of halogens is 1. The van der Waals surface area contributed by atoms with Crippen molar-refractivity contribution < 1.29 is 13.9 Å². The topological polar surface area (TPSA) is 38.7 Å². The molecule has 3 nitrogen and oxygen atoms in total. The van der Waals surface area contributed by atoms with Gasteiger partial charge in [-0.3, -0.25) is 9.79 Å². The van der Waals surface area contributed by atoms with Gasteiger partial charge in [0.15, 0.2) is 0 Å². The van der Waals surface area contributed by atoms with Crippen LogP contribution in [-0.4, -0.2) is 31.0 Å². The van der Waals surface area contributed by atoms with Gasteiger partial charge in [0.05, 0.1) is 12.0 Å². The van der Waals surface area contributed by atoms with E-state index in [1.165, 1.54) is 0 Å². The highest BCUT2D eigenvalue weighted by molar-refractivity contribution is 5.72. The maximum absolute atomic E-state index is 13.9. The molecule has 2 aliphatic rings. The van der Waals surface area contributed by atoms with Crippen LogP contribution in [0.25, 0.3) is 0 Å². The van der Waals surface area contributed by atoms with Gasteiger partial charge in [0.1, 0.15) is 12.3 Å². The molecule has 0 saturated heterocycles. The zero-order valence-electron chi connectivity index (χ0n) is 11.7. The second-order valence-corrected chi connectivity index (χ2v) is 6.10. The van der Waals surface area contributed by atoms with Gasteiger partial charge in [0, 0.05) is 6.42 Å². The summed E-state index contributed by atoms with van der Waals surface area (Å²) in [6, 6.07) is -0.0134. The van der Waals surface area contributed by atoms with Crippen LogP contribution >= 0.6 is 0 Å². The fourth-order valence-electron chi connectivity index (χ4n) is 3.11. The summed E-state index contributed by atoms with van der Waals surface area (Å²) in [7, 11) is 0. The summed E-state index contributed by atoms with van der Waals surface area (Å²) in [4.78, 5) is 15.9. The average molecular weight is 269 g/mol. The molecule has 0 spiro atoms. The smallest absolute Gasteiger partial charge is 0.309 e. The van der Waals surface area contributed by atoms with Crippen LogP contribution in [0.3, 0.4) is 0 Å². The van der Waals surface area contributed by atoms with E-state index in [1.807, 2.05) is 0 Å². The number of alkyl halides is 1. The molecule has 0 N–H and O–H groups in total. The number of nitrogens with zero attached hydrogens (tertiary/aromatic N) is 1. The third kappa shape index (κ3) is 3.77. The van der Waals surface area contributed by atoms with Crippen LogP contribution in [0.15, 0.2) is 4.99 Å². The molecule has 2 rings (SSSR count). The highest BCUT2D eigenvalue weighted by Crippen LogP contribution is 2.31. The van der Waals surface area contributed by atoms with Crippen molar-refractivity contribution in [1.82, 2.24) is 0 Å². The molecular formula is C15H24FNO2. The molecule has 0 aromatic heterocycles. The first-order valence-electron chi connectivity index (χ1n) is 7.40. The molecule has 0 radical (unpaired) electrons. The maximum Gasteiger partial charge on any atom is 0.309 e. The van der Waals surface area contributed by atoms with Gasteiger partial charge in [-0.25, -0.2) is 4.39 Å². The van der Waals surface area contributed by atoms with Crippen molar-refractivity contribution in [3.8, 4) is 0 Å². The minimum absolute atomic E-state index is 0.0134. The number of hydrogen-bond donors (Lipinski definition) is 0. The molecule has 3 unspecified atom stereocenters. The maximum atomic E-state index is 13.9. The first-order chi connectivity index (χ1) is 9.10. The number of carbonyl (C=O) groups is 1. The van der Waals surface area contributed by atoms with Crippen molar-refractivity contribution in [2.75, 3.05) is 0 Å². The zero-order valence-corrected chi connectivity index (χ0v) is 11.7. The summed E-state index contributed by atoms with van der Waals surface area (Å²) in [5.74, 6) is 0.496. The second kappa shape index (κ2) is 6.49. The van der Waals surface area contributed by atoms with Gasteiger partial charge in [0.25, 0.3) is 0 Å². The molecule has 3 atom stereocenters. The Morgan fingerprint density at radius 1 is 1.21 bits per heavy atom. The largest absolute Gasteiger partial charge is 0.459 e. The lowest BCUT2D eigenvalue weighted by Gasteiger charge is -2.31. The van der Waals surface area contributed by atoms with Crippen molar-refractivity contribution >= 4 is 12.7 Å². The van der Waals surface area contributed by atoms with Crippen molar-refractivity contribution in [2.24, 2.45) is 16.8 Å². The van der Waals surface area contributed by atoms with E-state index in [-0.39, 0.29) is 17.9 Å². The van der Waals surface area contributed by atoms with E-state index in [0.29, 0.717) is 18.8 Å². The molecule has 2 saturated carbocycles. The molecule has 0 bridgehead atoms. The lowest BCUT2D eigenvalue weighted by Crippen LogP contribution is -2.38. The molecule has 0 aromatic rings. The summed E-state index contributed by atoms with van der Waals surface area (Å²) >= 11 is 0. The molecule has 0 aliphatic heterocycles. The van der Waals surface area contributed by atoms with Crippen molar-refractivity contribution in [1.29, 1.82) is 0 Å². The predicted octanol–water partition coefficient (Wildman–Crippen LogP) is 3.32. The number of hydrogen-bond acceptors (Lipinski definition) is 3. The standard InChI is InChI=1S/C15H24FNO2/c1-10-3-5-11(6-4-10)15(18)19-14-8-7-12(17-2)9-13(14)16/h10-14H,2-9H2,1H3. The van der Waals surface area contributed by atoms with Gasteiger partial charge >= 0.3 is 5.97 Å². The Kier molecular flexibility index (Phi) is 4.94. The van der Waals surface area contributed by atoms with Crippen molar-refractivity contribution in [3.63, 3.8) is 0 Å². The monoisotopic (exact) mass is 269 g/mol. The Morgan fingerprint density at radius 2 is 1.89 bits per heavy atom. The minimum Gasteiger partial charge on any atom is -0.459 e. The molecule has 2 aliphatic carbocycles. The highest BCUT2D eigenvalue weighted by atomic mass is 19.1. The third-order valence-corrected chi connectivity index (χ3v) is 4.56. The van der Waals surface area contributed by atoms with Gasteiger partial charge in [0.2, 0.25) is 0 Å². The number of rotatable bonds is 3. The molecule has 4 heteroatoms. The Labute approximate surface area is 114 Å². The molecule has 0 amide bonds. The number of esters is 1. The zero-order chi connectivity index (χ0) is 13.8. The lowest BCUT2D eigenvalue weighted by atomic mass is 9.83.